The van der Waals surface area contributed by atoms with Gasteiger partial charge in [0.05, 0.1) is 12.5 Å². The van der Waals surface area contributed by atoms with Crippen molar-refractivity contribution in [3.05, 3.63) is 58.9 Å². The van der Waals surface area contributed by atoms with Crippen molar-refractivity contribution in [1.29, 1.82) is 0 Å². The third-order valence-electron chi connectivity index (χ3n) is 4.15. The molecule has 1 fully saturated rings. The molecule has 0 saturated heterocycles. The van der Waals surface area contributed by atoms with E-state index in [1.54, 1.807) is 24.3 Å². The molecule has 132 valence electrons. The Labute approximate surface area is 139 Å². The number of halogens is 5. The average molecular weight is 358 g/mol. The Hall–Kier alpha value is -2.64. The normalized spacial score (nSPS) is 15.0. The van der Waals surface area contributed by atoms with Gasteiger partial charge >= 0.3 is 5.97 Å². The number of esters is 1. The van der Waals surface area contributed by atoms with Crippen LogP contribution in [0.1, 0.15) is 18.4 Å². The van der Waals surface area contributed by atoms with Gasteiger partial charge in [-0.25, -0.2) is 13.2 Å². The maximum Gasteiger partial charge on any atom is 0.322 e. The van der Waals surface area contributed by atoms with Crippen molar-refractivity contribution >= 4 is 5.97 Å². The first kappa shape index (κ1) is 17.2. The molecule has 0 N–H and O–H groups in total. The monoisotopic (exact) mass is 358 g/mol. The quantitative estimate of drug-likeness (QED) is 0.272. The van der Waals surface area contributed by atoms with Gasteiger partial charge in [-0.3, -0.25) is 4.79 Å². The fourth-order valence-electron chi connectivity index (χ4n) is 2.51. The van der Waals surface area contributed by atoms with E-state index < -0.39 is 46.2 Å². The maximum atomic E-state index is 13.7. The lowest BCUT2D eigenvalue weighted by molar-refractivity contribution is -0.137. The summed E-state index contributed by atoms with van der Waals surface area (Å²) in [5.41, 5.74) is -0.672. The van der Waals surface area contributed by atoms with E-state index in [1.165, 1.54) is 7.11 Å². The molecule has 1 aliphatic carbocycles. The summed E-state index contributed by atoms with van der Waals surface area (Å²) in [7, 11) is 1.46. The molecular weight excluding hydrogens is 347 g/mol. The van der Waals surface area contributed by atoms with Crippen molar-refractivity contribution in [2.75, 3.05) is 7.11 Å². The number of hydrogen-bond acceptors (Lipinski definition) is 3. The summed E-state index contributed by atoms with van der Waals surface area (Å²) in [6.07, 6.45) is 0.654. The van der Waals surface area contributed by atoms with Crippen LogP contribution in [0, 0.1) is 29.1 Å². The van der Waals surface area contributed by atoms with Crippen LogP contribution in [0.2, 0.25) is 0 Å². The first-order chi connectivity index (χ1) is 11.8. The van der Waals surface area contributed by atoms with Crippen LogP contribution in [0.15, 0.2) is 24.3 Å². The van der Waals surface area contributed by atoms with Crippen LogP contribution in [0.3, 0.4) is 0 Å². The van der Waals surface area contributed by atoms with Crippen molar-refractivity contribution in [3.8, 4) is 11.5 Å². The fourth-order valence-corrected chi connectivity index (χ4v) is 2.51. The average Bonchev–Trinajstić information content (AvgIpc) is 3.44. The van der Waals surface area contributed by atoms with Crippen LogP contribution in [-0.2, 0) is 10.2 Å². The Morgan fingerprint density at radius 2 is 1.36 bits per heavy atom. The summed E-state index contributed by atoms with van der Waals surface area (Å²) in [4.78, 5) is 12.3. The van der Waals surface area contributed by atoms with Crippen molar-refractivity contribution in [2.45, 2.75) is 18.3 Å². The summed E-state index contributed by atoms with van der Waals surface area (Å²) in [5, 5.41) is 0. The largest absolute Gasteiger partial charge is 0.497 e. The molecular formula is C17H11F5O3. The van der Waals surface area contributed by atoms with Crippen LogP contribution in [-0.4, -0.2) is 13.1 Å². The number of ether oxygens (including phenoxy) is 2. The third-order valence-corrected chi connectivity index (χ3v) is 4.15. The molecule has 25 heavy (non-hydrogen) atoms. The highest BCUT2D eigenvalue weighted by Crippen LogP contribution is 2.50. The Morgan fingerprint density at radius 1 is 0.880 bits per heavy atom. The highest BCUT2D eigenvalue weighted by atomic mass is 19.2. The molecule has 0 heterocycles. The van der Waals surface area contributed by atoms with Gasteiger partial charge in [0.1, 0.15) is 5.75 Å². The van der Waals surface area contributed by atoms with Crippen molar-refractivity contribution in [1.82, 2.24) is 0 Å². The van der Waals surface area contributed by atoms with Gasteiger partial charge < -0.3 is 9.47 Å². The van der Waals surface area contributed by atoms with E-state index in [-0.39, 0.29) is 0 Å². The maximum absolute atomic E-state index is 13.7. The van der Waals surface area contributed by atoms with Crippen LogP contribution in [0.4, 0.5) is 22.0 Å². The van der Waals surface area contributed by atoms with Crippen LogP contribution in [0.25, 0.3) is 0 Å². The second-order valence-electron chi connectivity index (χ2n) is 5.60. The zero-order valence-electron chi connectivity index (χ0n) is 12.8. The lowest BCUT2D eigenvalue weighted by Gasteiger charge is -2.16. The Morgan fingerprint density at radius 3 is 1.80 bits per heavy atom. The van der Waals surface area contributed by atoms with Gasteiger partial charge in [-0.1, -0.05) is 12.1 Å². The topological polar surface area (TPSA) is 35.5 Å². The van der Waals surface area contributed by atoms with E-state index >= 15 is 0 Å². The summed E-state index contributed by atoms with van der Waals surface area (Å²) in [5.74, 6) is -13.2. The Kier molecular flexibility index (Phi) is 4.14. The predicted molar refractivity (Wildman–Crippen MR) is 75.8 cm³/mol. The minimum Gasteiger partial charge on any atom is -0.497 e. The molecule has 0 spiro atoms. The molecule has 1 aliphatic rings. The third kappa shape index (κ3) is 2.71. The number of rotatable bonds is 4. The predicted octanol–water partition coefficient (Wildman–Crippen LogP) is 4.03. The highest BCUT2D eigenvalue weighted by molar-refractivity contribution is 5.88. The van der Waals surface area contributed by atoms with E-state index in [0.29, 0.717) is 24.2 Å². The number of hydrogen-bond donors (Lipinski definition) is 0. The molecule has 0 bridgehead atoms. The van der Waals surface area contributed by atoms with Gasteiger partial charge in [-0.2, -0.15) is 8.78 Å². The van der Waals surface area contributed by atoms with Gasteiger partial charge in [-0.15, -0.1) is 0 Å². The Balaban J connectivity index is 1.92. The summed E-state index contributed by atoms with van der Waals surface area (Å²) >= 11 is 0. The van der Waals surface area contributed by atoms with Gasteiger partial charge in [0.25, 0.3) is 0 Å². The zero-order valence-corrected chi connectivity index (χ0v) is 12.8. The SMILES string of the molecule is COc1ccc(C2(C(=O)Oc3c(F)c(F)c(F)c(F)c3F)CC2)cc1. The lowest BCUT2D eigenvalue weighted by atomic mass is 9.96. The van der Waals surface area contributed by atoms with E-state index in [4.69, 9.17) is 4.74 Å². The molecule has 0 aromatic heterocycles. The van der Waals surface area contributed by atoms with Crippen molar-refractivity contribution in [3.63, 3.8) is 0 Å². The van der Waals surface area contributed by atoms with E-state index in [2.05, 4.69) is 4.74 Å². The van der Waals surface area contributed by atoms with Crippen LogP contribution < -0.4 is 9.47 Å². The van der Waals surface area contributed by atoms with Gasteiger partial charge in [0.2, 0.25) is 34.8 Å². The molecule has 0 unspecified atom stereocenters. The molecule has 0 radical (unpaired) electrons. The summed E-state index contributed by atoms with van der Waals surface area (Å²) in [6, 6.07) is 6.32. The molecule has 0 amide bonds. The number of carbonyl (C=O) groups excluding carboxylic acids is 1. The molecule has 1 saturated carbocycles. The van der Waals surface area contributed by atoms with Crippen molar-refractivity contribution < 1.29 is 36.2 Å². The van der Waals surface area contributed by atoms with Crippen LogP contribution >= 0.6 is 0 Å². The molecule has 0 atom stereocenters. The van der Waals surface area contributed by atoms with Crippen molar-refractivity contribution in [2.24, 2.45) is 0 Å². The number of carbonyl (C=O) groups is 1. The second kappa shape index (κ2) is 6.02. The minimum atomic E-state index is -2.31. The molecule has 3 nitrogen and oxygen atoms in total. The molecule has 2 aromatic carbocycles. The molecule has 2 aromatic rings. The van der Waals surface area contributed by atoms with E-state index in [0.717, 1.165) is 0 Å². The first-order valence-electron chi connectivity index (χ1n) is 7.20. The fraction of sp³-hybridized carbons (Fsp3) is 0.235. The smallest absolute Gasteiger partial charge is 0.322 e. The highest BCUT2D eigenvalue weighted by Gasteiger charge is 2.53. The number of methoxy groups -OCH3 is 1. The standard InChI is InChI=1S/C17H11F5O3/c1-24-9-4-2-8(3-5-9)17(6-7-17)16(23)25-15-13(21)11(19)10(18)12(20)14(15)22/h2-5H,6-7H2,1H3. The van der Waals surface area contributed by atoms with Gasteiger partial charge in [0, 0.05) is 0 Å². The summed E-state index contributed by atoms with van der Waals surface area (Å²) in [6.45, 7) is 0. The van der Waals surface area contributed by atoms with E-state index in [1.807, 2.05) is 0 Å². The first-order valence-corrected chi connectivity index (χ1v) is 7.20. The van der Waals surface area contributed by atoms with E-state index in [9.17, 15) is 26.7 Å². The molecule has 3 rings (SSSR count). The van der Waals surface area contributed by atoms with Gasteiger partial charge in [-0.05, 0) is 30.5 Å². The van der Waals surface area contributed by atoms with Crippen LogP contribution in [0.5, 0.6) is 11.5 Å². The second-order valence-corrected chi connectivity index (χ2v) is 5.60. The molecule has 0 aliphatic heterocycles. The number of benzene rings is 2. The zero-order chi connectivity index (χ0) is 18.4. The Bertz CT molecular complexity index is 815. The lowest BCUT2D eigenvalue weighted by Crippen LogP contribution is -2.27. The summed E-state index contributed by atoms with van der Waals surface area (Å²) < 4.78 is 76.3. The minimum absolute atomic E-state index is 0.327. The molecule has 8 heteroatoms. The van der Waals surface area contributed by atoms with Gasteiger partial charge in [0.15, 0.2) is 0 Å².